The summed E-state index contributed by atoms with van der Waals surface area (Å²) in [6, 6.07) is 6.51. The average molecular weight is 348 g/mol. The molecule has 1 amide bonds. The molecule has 4 nitrogen and oxygen atoms in total. The highest BCUT2D eigenvalue weighted by molar-refractivity contribution is 7.10. The highest BCUT2D eigenvalue weighted by Gasteiger charge is 2.33. The number of carbonyl (C=O) groups excluding carboxylic acids is 1. The molecule has 0 radical (unpaired) electrons. The van der Waals surface area contributed by atoms with Crippen molar-refractivity contribution in [3.63, 3.8) is 0 Å². The van der Waals surface area contributed by atoms with Crippen molar-refractivity contribution < 1.29 is 9.53 Å². The third kappa shape index (κ3) is 3.08. The van der Waals surface area contributed by atoms with Gasteiger partial charge < -0.3 is 9.64 Å². The molecule has 122 valence electrons. The van der Waals surface area contributed by atoms with Gasteiger partial charge in [-0.05, 0) is 34.9 Å². The van der Waals surface area contributed by atoms with E-state index < -0.39 is 0 Å². The van der Waals surface area contributed by atoms with Gasteiger partial charge in [0.15, 0.2) is 0 Å². The second kappa shape index (κ2) is 6.73. The Balaban J connectivity index is 1.58. The fraction of sp³-hybridized carbons (Fsp3) is 0.471. The van der Waals surface area contributed by atoms with Crippen molar-refractivity contribution in [3.05, 3.63) is 44.3 Å². The van der Waals surface area contributed by atoms with Gasteiger partial charge in [-0.25, -0.2) is 0 Å². The quantitative estimate of drug-likeness (QED) is 0.855. The molecule has 0 spiro atoms. The Kier molecular flexibility index (Phi) is 4.48. The minimum absolute atomic E-state index is 0.0959. The second-order valence-corrected chi connectivity index (χ2v) is 7.92. The molecule has 2 aliphatic heterocycles. The highest BCUT2D eigenvalue weighted by Crippen LogP contribution is 2.39. The monoisotopic (exact) mass is 348 g/mol. The van der Waals surface area contributed by atoms with Gasteiger partial charge in [-0.1, -0.05) is 6.07 Å². The summed E-state index contributed by atoms with van der Waals surface area (Å²) < 4.78 is 5.38. The van der Waals surface area contributed by atoms with Crippen molar-refractivity contribution >= 4 is 28.6 Å². The van der Waals surface area contributed by atoms with Crippen LogP contribution in [0.25, 0.3) is 0 Å². The summed E-state index contributed by atoms with van der Waals surface area (Å²) in [7, 11) is 0. The molecule has 1 fully saturated rings. The van der Waals surface area contributed by atoms with Crippen LogP contribution in [0.4, 0.5) is 0 Å². The van der Waals surface area contributed by atoms with E-state index in [1.165, 1.54) is 15.3 Å². The standard InChI is InChI=1S/C17H20N2O2S2/c20-16(12-18-6-8-21-9-7-18)19-5-3-14-13(4-11-23-14)17(19)15-2-1-10-22-15/h1-2,4,10-11,17H,3,5-9,12H2/t17-/m1/s1. The van der Waals surface area contributed by atoms with Crippen LogP contribution < -0.4 is 0 Å². The molecule has 23 heavy (non-hydrogen) atoms. The summed E-state index contributed by atoms with van der Waals surface area (Å²) >= 11 is 3.56. The lowest BCUT2D eigenvalue weighted by molar-refractivity contribution is -0.135. The van der Waals surface area contributed by atoms with E-state index in [1.807, 2.05) is 11.3 Å². The van der Waals surface area contributed by atoms with Crippen LogP contribution >= 0.6 is 22.7 Å². The van der Waals surface area contributed by atoms with Crippen molar-refractivity contribution in [1.29, 1.82) is 0 Å². The number of nitrogens with zero attached hydrogens (tertiary/aromatic N) is 2. The van der Waals surface area contributed by atoms with Crippen molar-refractivity contribution in [1.82, 2.24) is 9.80 Å². The minimum Gasteiger partial charge on any atom is -0.379 e. The molecular weight excluding hydrogens is 328 g/mol. The maximum absolute atomic E-state index is 13.0. The summed E-state index contributed by atoms with van der Waals surface area (Å²) in [5, 5.41) is 4.25. The third-order valence-corrected chi connectivity index (χ3v) is 6.48. The fourth-order valence-electron chi connectivity index (χ4n) is 3.38. The second-order valence-electron chi connectivity index (χ2n) is 5.94. The molecule has 2 aliphatic rings. The number of ether oxygens (including phenoxy) is 1. The summed E-state index contributed by atoms with van der Waals surface area (Å²) in [5.41, 5.74) is 1.32. The zero-order chi connectivity index (χ0) is 15.6. The van der Waals surface area contributed by atoms with Crippen LogP contribution in [0.5, 0.6) is 0 Å². The molecule has 2 aromatic heterocycles. The lowest BCUT2D eigenvalue weighted by Crippen LogP contribution is -2.47. The maximum atomic E-state index is 13.0. The van der Waals surface area contributed by atoms with Gasteiger partial charge in [-0.3, -0.25) is 9.69 Å². The van der Waals surface area contributed by atoms with Crippen LogP contribution in [0.15, 0.2) is 29.0 Å². The molecule has 0 saturated carbocycles. The van der Waals surface area contributed by atoms with E-state index in [0.29, 0.717) is 6.54 Å². The van der Waals surface area contributed by atoms with Gasteiger partial charge in [0.25, 0.3) is 0 Å². The molecule has 0 aliphatic carbocycles. The van der Waals surface area contributed by atoms with Crippen LogP contribution in [-0.4, -0.2) is 55.1 Å². The summed E-state index contributed by atoms with van der Waals surface area (Å²) in [6.45, 7) is 4.50. The zero-order valence-corrected chi connectivity index (χ0v) is 14.6. The topological polar surface area (TPSA) is 32.8 Å². The summed E-state index contributed by atoms with van der Waals surface area (Å²) in [4.78, 5) is 19.9. The van der Waals surface area contributed by atoms with Crippen LogP contribution in [0, 0.1) is 0 Å². The third-order valence-electron chi connectivity index (χ3n) is 4.56. The largest absolute Gasteiger partial charge is 0.379 e. The van der Waals surface area contributed by atoms with Gasteiger partial charge >= 0.3 is 0 Å². The maximum Gasteiger partial charge on any atom is 0.237 e. The Bertz CT molecular complexity index is 662. The van der Waals surface area contributed by atoms with Gasteiger partial charge in [0, 0.05) is 29.4 Å². The van der Waals surface area contributed by atoms with Gasteiger partial charge in [0.05, 0.1) is 25.8 Å². The first-order valence-corrected chi connectivity index (χ1v) is 9.78. The Hall–Kier alpha value is -1.21. The Labute approximate surface area is 144 Å². The number of carbonyl (C=O) groups is 1. The smallest absolute Gasteiger partial charge is 0.237 e. The number of thiophene rings is 2. The molecule has 0 bridgehead atoms. The summed E-state index contributed by atoms with van der Waals surface area (Å²) in [6.07, 6.45) is 0.976. The lowest BCUT2D eigenvalue weighted by Gasteiger charge is -2.37. The van der Waals surface area contributed by atoms with E-state index in [4.69, 9.17) is 4.74 Å². The number of rotatable bonds is 3. The Morgan fingerprint density at radius 1 is 1.17 bits per heavy atom. The molecule has 0 unspecified atom stereocenters. The van der Waals surface area contributed by atoms with E-state index in [2.05, 4.69) is 38.8 Å². The first-order chi connectivity index (χ1) is 11.3. The SMILES string of the molecule is O=C(CN1CCOCC1)N1CCc2sccc2[C@@H]1c1cccs1. The van der Waals surface area contributed by atoms with Crippen LogP contribution in [0.2, 0.25) is 0 Å². The van der Waals surface area contributed by atoms with Crippen LogP contribution in [0.3, 0.4) is 0 Å². The minimum atomic E-state index is 0.0959. The summed E-state index contributed by atoms with van der Waals surface area (Å²) in [5.74, 6) is 0.238. The highest BCUT2D eigenvalue weighted by atomic mass is 32.1. The first-order valence-electron chi connectivity index (χ1n) is 8.02. The number of hydrogen-bond donors (Lipinski definition) is 0. The van der Waals surface area contributed by atoms with E-state index >= 15 is 0 Å². The number of hydrogen-bond acceptors (Lipinski definition) is 5. The van der Waals surface area contributed by atoms with Crippen molar-refractivity contribution in [2.75, 3.05) is 39.4 Å². The predicted molar refractivity (Wildman–Crippen MR) is 93.2 cm³/mol. The van der Waals surface area contributed by atoms with E-state index in [-0.39, 0.29) is 11.9 Å². The number of morpholine rings is 1. The van der Waals surface area contributed by atoms with Crippen molar-refractivity contribution in [3.8, 4) is 0 Å². The molecule has 1 saturated heterocycles. The van der Waals surface area contributed by atoms with E-state index in [0.717, 1.165) is 39.3 Å². The predicted octanol–water partition coefficient (Wildman–Crippen LogP) is 2.62. The molecular formula is C17H20N2O2S2. The van der Waals surface area contributed by atoms with Gasteiger partial charge in [-0.2, -0.15) is 0 Å². The Morgan fingerprint density at radius 3 is 2.83 bits per heavy atom. The number of fused-ring (bicyclic) bond motifs is 1. The van der Waals surface area contributed by atoms with Gasteiger partial charge in [0.2, 0.25) is 5.91 Å². The van der Waals surface area contributed by atoms with Crippen molar-refractivity contribution in [2.45, 2.75) is 12.5 Å². The fourth-order valence-corrected chi connectivity index (χ4v) is 5.14. The van der Waals surface area contributed by atoms with Gasteiger partial charge in [-0.15, -0.1) is 22.7 Å². The normalized spacial score (nSPS) is 22.1. The van der Waals surface area contributed by atoms with Crippen LogP contribution in [0.1, 0.15) is 21.4 Å². The first kappa shape index (κ1) is 15.3. The average Bonchev–Trinajstić information content (AvgIpc) is 3.26. The van der Waals surface area contributed by atoms with Crippen LogP contribution in [-0.2, 0) is 16.0 Å². The Morgan fingerprint density at radius 2 is 2.04 bits per heavy atom. The van der Waals surface area contributed by atoms with Crippen molar-refractivity contribution in [2.24, 2.45) is 0 Å². The van der Waals surface area contributed by atoms with E-state index in [9.17, 15) is 4.79 Å². The zero-order valence-electron chi connectivity index (χ0n) is 12.9. The molecule has 0 aromatic carbocycles. The molecule has 2 aromatic rings. The molecule has 4 rings (SSSR count). The lowest BCUT2D eigenvalue weighted by atomic mass is 9.98. The van der Waals surface area contributed by atoms with Gasteiger partial charge in [0.1, 0.15) is 0 Å². The van der Waals surface area contributed by atoms with E-state index in [1.54, 1.807) is 11.3 Å². The molecule has 1 atom stereocenters. The molecule has 6 heteroatoms. The number of amides is 1. The molecule has 0 N–H and O–H groups in total. The molecule has 4 heterocycles.